The smallest absolute Gasteiger partial charge is 0.335 e. The van der Waals surface area contributed by atoms with E-state index in [0.29, 0.717) is 13.1 Å². The van der Waals surface area contributed by atoms with Crippen molar-refractivity contribution in [1.82, 2.24) is 10.2 Å². The first kappa shape index (κ1) is 14.1. The summed E-state index contributed by atoms with van der Waals surface area (Å²) >= 11 is 0. The first-order valence-corrected chi connectivity index (χ1v) is 7.35. The summed E-state index contributed by atoms with van der Waals surface area (Å²) in [5, 5.41) is 12.3. The lowest BCUT2D eigenvalue weighted by Crippen LogP contribution is -2.46. The predicted octanol–water partition coefficient (Wildman–Crippen LogP) is 1.62. The number of aromatic carboxylic acids is 1. The van der Waals surface area contributed by atoms with E-state index in [4.69, 9.17) is 5.11 Å². The van der Waals surface area contributed by atoms with Crippen LogP contribution in [-0.2, 0) is 17.9 Å². The second-order valence-electron chi connectivity index (χ2n) is 6.26. The van der Waals surface area contributed by atoms with Crippen molar-refractivity contribution in [2.75, 3.05) is 13.1 Å². The van der Waals surface area contributed by atoms with Crippen LogP contribution in [-0.4, -0.2) is 35.0 Å². The monoisotopic (exact) mass is 288 g/mol. The Hall–Kier alpha value is -1.88. The Kier molecular flexibility index (Phi) is 3.45. The Morgan fingerprint density at radius 1 is 1.19 bits per heavy atom. The third-order valence-electron chi connectivity index (χ3n) is 4.69. The highest BCUT2D eigenvalue weighted by atomic mass is 16.4. The molecule has 0 atom stereocenters. The van der Waals surface area contributed by atoms with Gasteiger partial charge < -0.3 is 15.3 Å². The molecular formula is C16H20N2O3. The van der Waals surface area contributed by atoms with Crippen LogP contribution in [0.25, 0.3) is 0 Å². The van der Waals surface area contributed by atoms with Crippen molar-refractivity contribution >= 4 is 11.9 Å². The van der Waals surface area contributed by atoms with Crippen molar-refractivity contribution in [3.8, 4) is 0 Å². The van der Waals surface area contributed by atoms with E-state index in [1.165, 1.54) is 0 Å². The molecule has 0 aliphatic carbocycles. The zero-order valence-corrected chi connectivity index (χ0v) is 12.2. The highest BCUT2D eigenvalue weighted by Gasteiger charge is 2.39. The minimum Gasteiger partial charge on any atom is -0.478 e. The zero-order chi connectivity index (χ0) is 15.0. The predicted molar refractivity (Wildman–Crippen MR) is 77.9 cm³/mol. The van der Waals surface area contributed by atoms with Crippen molar-refractivity contribution in [2.45, 2.75) is 32.9 Å². The van der Waals surface area contributed by atoms with Gasteiger partial charge in [0.2, 0.25) is 5.91 Å². The molecule has 1 fully saturated rings. The fraction of sp³-hybridized carbons (Fsp3) is 0.500. The third-order valence-corrected chi connectivity index (χ3v) is 4.69. The maximum atomic E-state index is 12.8. The lowest BCUT2D eigenvalue weighted by Gasteiger charge is -2.35. The summed E-state index contributed by atoms with van der Waals surface area (Å²) in [5.74, 6) is -0.732. The highest BCUT2D eigenvalue weighted by molar-refractivity contribution is 5.88. The maximum Gasteiger partial charge on any atom is 0.335 e. The molecule has 1 aromatic carbocycles. The number of hydrogen-bond donors (Lipinski definition) is 2. The molecule has 1 amide bonds. The first-order chi connectivity index (χ1) is 9.99. The largest absolute Gasteiger partial charge is 0.478 e. The number of nitrogens with zero attached hydrogens (tertiary/aromatic N) is 1. The molecule has 2 aliphatic heterocycles. The molecule has 0 unspecified atom stereocenters. The second kappa shape index (κ2) is 5.15. The lowest BCUT2D eigenvalue weighted by molar-refractivity contribution is -0.143. The van der Waals surface area contributed by atoms with Crippen molar-refractivity contribution < 1.29 is 14.7 Å². The lowest BCUT2D eigenvalue weighted by atomic mass is 9.79. The van der Waals surface area contributed by atoms with Gasteiger partial charge in [-0.2, -0.15) is 0 Å². The summed E-state index contributed by atoms with van der Waals surface area (Å²) < 4.78 is 0. The SMILES string of the molecule is CC1(C(=O)N2Cc3ccc(C(=O)O)cc3C2)CCNCC1. The van der Waals surface area contributed by atoms with E-state index >= 15 is 0 Å². The minimum atomic E-state index is -0.923. The average Bonchev–Trinajstić information content (AvgIpc) is 2.89. The number of carbonyl (C=O) groups excluding carboxylic acids is 1. The number of benzene rings is 1. The van der Waals surface area contributed by atoms with E-state index in [1.807, 2.05) is 17.9 Å². The van der Waals surface area contributed by atoms with Crippen LogP contribution < -0.4 is 5.32 Å². The third kappa shape index (κ3) is 2.53. The van der Waals surface area contributed by atoms with Gasteiger partial charge in [0.25, 0.3) is 0 Å². The molecule has 0 spiro atoms. The second-order valence-corrected chi connectivity index (χ2v) is 6.26. The van der Waals surface area contributed by atoms with Crippen LogP contribution in [0.2, 0.25) is 0 Å². The Balaban J connectivity index is 1.78. The summed E-state index contributed by atoms with van der Waals surface area (Å²) in [7, 11) is 0. The van der Waals surface area contributed by atoms with Crippen molar-refractivity contribution in [3.63, 3.8) is 0 Å². The molecule has 0 bridgehead atoms. The maximum absolute atomic E-state index is 12.8. The van der Waals surface area contributed by atoms with Gasteiger partial charge in [-0.3, -0.25) is 4.79 Å². The number of carboxylic acid groups (broad SMARTS) is 1. The number of hydrogen-bond acceptors (Lipinski definition) is 3. The van der Waals surface area contributed by atoms with E-state index in [0.717, 1.165) is 37.1 Å². The van der Waals surface area contributed by atoms with Gasteiger partial charge in [0.05, 0.1) is 5.56 Å². The molecular weight excluding hydrogens is 268 g/mol. The van der Waals surface area contributed by atoms with Crippen LogP contribution in [0, 0.1) is 5.41 Å². The van der Waals surface area contributed by atoms with E-state index in [1.54, 1.807) is 12.1 Å². The molecule has 112 valence electrons. The fourth-order valence-corrected chi connectivity index (χ4v) is 3.25. The fourth-order valence-electron chi connectivity index (χ4n) is 3.25. The van der Waals surface area contributed by atoms with Crippen LogP contribution in [0.4, 0.5) is 0 Å². The minimum absolute atomic E-state index is 0.192. The number of nitrogens with one attached hydrogen (secondary N) is 1. The van der Waals surface area contributed by atoms with Gasteiger partial charge in [-0.25, -0.2) is 4.79 Å². The molecule has 2 N–H and O–H groups in total. The van der Waals surface area contributed by atoms with E-state index in [-0.39, 0.29) is 16.9 Å². The molecule has 21 heavy (non-hydrogen) atoms. The van der Waals surface area contributed by atoms with E-state index in [2.05, 4.69) is 5.32 Å². The summed E-state index contributed by atoms with van der Waals surface area (Å²) in [6.07, 6.45) is 1.72. The van der Waals surface area contributed by atoms with Crippen molar-refractivity contribution in [3.05, 3.63) is 34.9 Å². The Morgan fingerprint density at radius 2 is 1.86 bits per heavy atom. The quantitative estimate of drug-likeness (QED) is 0.867. The van der Waals surface area contributed by atoms with E-state index < -0.39 is 5.97 Å². The first-order valence-electron chi connectivity index (χ1n) is 7.35. The number of piperidine rings is 1. The van der Waals surface area contributed by atoms with Gasteiger partial charge in [-0.05, 0) is 49.2 Å². The number of amides is 1. The Morgan fingerprint density at radius 3 is 2.52 bits per heavy atom. The molecule has 1 saturated heterocycles. The molecule has 2 aliphatic rings. The Labute approximate surface area is 123 Å². The molecule has 2 heterocycles. The van der Waals surface area contributed by atoms with Gasteiger partial charge in [0.15, 0.2) is 0 Å². The average molecular weight is 288 g/mol. The van der Waals surface area contributed by atoms with Crippen LogP contribution in [0.3, 0.4) is 0 Å². The highest BCUT2D eigenvalue weighted by Crippen LogP contribution is 2.34. The van der Waals surface area contributed by atoms with E-state index in [9.17, 15) is 9.59 Å². The summed E-state index contributed by atoms with van der Waals surface area (Å²) in [6, 6.07) is 5.13. The van der Waals surface area contributed by atoms with Gasteiger partial charge in [0, 0.05) is 18.5 Å². The molecule has 1 aromatic rings. The van der Waals surface area contributed by atoms with Crippen molar-refractivity contribution in [2.24, 2.45) is 5.41 Å². The van der Waals surface area contributed by atoms with Gasteiger partial charge in [0.1, 0.15) is 0 Å². The zero-order valence-electron chi connectivity index (χ0n) is 12.2. The standard InChI is InChI=1S/C16H20N2O3/c1-16(4-6-17-7-5-16)15(21)18-9-12-3-2-11(14(19)20)8-13(12)10-18/h2-3,8,17H,4-7,9-10H2,1H3,(H,19,20). The molecule has 0 saturated carbocycles. The molecule has 0 aromatic heterocycles. The molecule has 5 nitrogen and oxygen atoms in total. The van der Waals surface area contributed by atoms with Crippen LogP contribution in [0.1, 0.15) is 41.3 Å². The van der Waals surface area contributed by atoms with Crippen LogP contribution in [0.15, 0.2) is 18.2 Å². The number of fused-ring (bicyclic) bond motifs is 1. The molecule has 3 rings (SSSR count). The van der Waals surface area contributed by atoms with Gasteiger partial charge in [-0.1, -0.05) is 13.0 Å². The number of rotatable bonds is 2. The topological polar surface area (TPSA) is 69.6 Å². The van der Waals surface area contributed by atoms with Crippen LogP contribution >= 0.6 is 0 Å². The van der Waals surface area contributed by atoms with Crippen molar-refractivity contribution in [1.29, 1.82) is 0 Å². The number of carboxylic acids is 1. The Bertz CT molecular complexity index is 591. The van der Waals surface area contributed by atoms with Gasteiger partial charge in [-0.15, -0.1) is 0 Å². The summed E-state index contributed by atoms with van der Waals surface area (Å²) in [6.45, 7) is 4.93. The summed E-state index contributed by atoms with van der Waals surface area (Å²) in [4.78, 5) is 25.7. The van der Waals surface area contributed by atoms with Crippen LogP contribution in [0.5, 0.6) is 0 Å². The summed E-state index contributed by atoms with van der Waals surface area (Å²) in [5.41, 5.74) is 2.02. The molecule has 0 radical (unpaired) electrons. The van der Waals surface area contributed by atoms with Gasteiger partial charge >= 0.3 is 5.97 Å². The normalized spacial score (nSPS) is 20.1. The molecule has 5 heteroatoms. The number of carbonyl (C=O) groups is 2.